The molecule has 3 aliphatic rings. The number of aryl methyl sites for hydroxylation is 1. The van der Waals surface area contributed by atoms with Crippen molar-refractivity contribution in [1.82, 2.24) is 0 Å². The Morgan fingerprint density at radius 2 is 2.05 bits per heavy atom. The predicted molar refractivity (Wildman–Crippen MR) is 83.0 cm³/mol. The van der Waals surface area contributed by atoms with Gasteiger partial charge in [0.05, 0.1) is 5.56 Å². The third-order valence-corrected chi connectivity index (χ3v) is 6.69. The first-order chi connectivity index (χ1) is 10.5. The van der Waals surface area contributed by atoms with E-state index >= 15 is 0 Å². The van der Waals surface area contributed by atoms with Gasteiger partial charge < -0.3 is 5.11 Å². The van der Waals surface area contributed by atoms with Crippen LogP contribution in [-0.4, -0.2) is 16.9 Å². The fraction of sp³-hybridized carbons (Fsp3) is 0.579. The van der Waals surface area contributed by atoms with Crippen molar-refractivity contribution < 1.29 is 14.7 Å². The van der Waals surface area contributed by atoms with Crippen LogP contribution < -0.4 is 0 Å². The van der Waals surface area contributed by atoms with Gasteiger partial charge in [-0.2, -0.15) is 0 Å². The number of carbonyl (C=O) groups is 2. The molecule has 0 unspecified atom stereocenters. The molecule has 1 aromatic carbocycles. The fourth-order valence-electron chi connectivity index (χ4n) is 5.47. The van der Waals surface area contributed by atoms with E-state index in [1.807, 2.05) is 12.1 Å². The van der Waals surface area contributed by atoms with Crippen LogP contribution in [-0.2, 0) is 11.2 Å². The number of Topliss-reactive ketones (excluding diaryl/α,β-unsaturated/α-hetero) is 1. The normalized spacial score (nSPS) is 36.4. The first-order valence-corrected chi connectivity index (χ1v) is 8.40. The van der Waals surface area contributed by atoms with Crippen LogP contribution in [0.2, 0.25) is 0 Å². The number of ketones is 1. The maximum atomic E-state index is 12.3. The molecule has 0 aliphatic heterocycles. The van der Waals surface area contributed by atoms with E-state index in [9.17, 15) is 14.7 Å². The first-order valence-electron chi connectivity index (χ1n) is 8.40. The average Bonchev–Trinajstić information content (AvgIpc) is 2.82. The molecule has 2 saturated carbocycles. The maximum Gasteiger partial charge on any atom is 0.335 e. The molecule has 0 bridgehead atoms. The number of benzene rings is 1. The highest BCUT2D eigenvalue weighted by molar-refractivity contribution is 5.88. The minimum Gasteiger partial charge on any atom is -0.478 e. The predicted octanol–water partition coefficient (Wildman–Crippen LogP) is 3.81. The summed E-state index contributed by atoms with van der Waals surface area (Å²) in [5.41, 5.74) is 2.86. The lowest BCUT2D eigenvalue weighted by Crippen LogP contribution is -2.42. The lowest BCUT2D eigenvalue weighted by atomic mass is 9.55. The van der Waals surface area contributed by atoms with E-state index in [2.05, 4.69) is 6.92 Å². The Labute approximate surface area is 130 Å². The third-order valence-electron chi connectivity index (χ3n) is 6.69. The Hall–Kier alpha value is -1.64. The molecule has 3 nitrogen and oxygen atoms in total. The van der Waals surface area contributed by atoms with Gasteiger partial charge in [-0.05, 0) is 73.1 Å². The van der Waals surface area contributed by atoms with Crippen LogP contribution in [0.4, 0.5) is 0 Å². The average molecular weight is 298 g/mol. The van der Waals surface area contributed by atoms with Crippen LogP contribution in [0.15, 0.2) is 18.2 Å². The van der Waals surface area contributed by atoms with E-state index in [1.165, 1.54) is 11.1 Å². The molecular weight excluding hydrogens is 276 g/mol. The molecule has 0 radical (unpaired) electrons. The number of rotatable bonds is 1. The van der Waals surface area contributed by atoms with Crippen LogP contribution in [0.25, 0.3) is 0 Å². The Morgan fingerprint density at radius 1 is 1.23 bits per heavy atom. The number of carbonyl (C=O) groups excluding carboxylic acids is 1. The zero-order valence-corrected chi connectivity index (χ0v) is 13.0. The van der Waals surface area contributed by atoms with Gasteiger partial charge in [0.25, 0.3) is 0 Å². The Kier molecular flexibility index (Phi) is 2.97. The zero-order chi connectivity index (χ0) is 15.5. The summed E-state index contributed by atoms with van der Waals surface area (Å²) in [6.45, 7) is 2.17. The molecular formula is C19H22O3. The van der Waals surface area contributed by atoms with Gasteiger partial charge in [-0.25, -0.2) is 4.79 Å². The summed E-state index contributed by atoms with van der Waals surface area (Å²) in [4.78, 5) is 23.6. The van der Waals surface area contributed by atoms with Crippen molar-refractivity contribution in [2.24, 2.45) is 17.3 Å². The van der Waals surface area contributed by atoms with E-state index in [0.29, 0.717) is 29.1 Å². The Morgan fingerprint density at radius 3 is 2.82 bits per heavy atom. The molecule has 0 amide bonds. The number of carboxylic acid groups (broad SMARTS) is 1. The second-order valence-electron chi connectivity index (χ2n) is 7.55. The number of carboxylic acids is 1. The summed E-state index contributed by atoms with van der Waals surface area (Å²) in [7, 11) is 0. The van der Waals surface area contributed by atoms with Gasteiger partial charge in [-0.1, -0.05) is 13.0 Å². The lowest BCUT2D eigenvalue weighted by Gasteiger charge is -2.48. The van der Waals surface area contributed by atoms with Crippen molar-refractivity contribution in [3.63, 3.8) is 0 Å². The largest absolute Gasteiger partial charge is 0.478 e. The van der Waals surface area contributed by atoms with Crippen molar-refractivity contribution in [2.75, 3.05) is 0 Å². The molecule has 2 fully saturated rings. The molecule has 3 aliphatic carbocycles. The van der Waals surface area contributed by atoms with Gasteiger partial charge in [-0.3, -0.25) is 4.79 Å². The molecule has 4 atom stereocenters. The van der Waals surface area contributed by atoms with Crippen molar-refractivity contribution in [3.8, 4) is 0 Å². The van der Waals surface area contributed by atoms with Crippen molar-refractivity contribution in [2.45, 2.75) is 51.4 Å². The molecule has 116 valence electrons. The zero-order valence-electron chi connectivity index (χ0n) is 13.0. The fourth-order valence-corrected chi connectivity index (χ4v) is 5.47. The topological polar surface area (TPSA) is 54.4 Å². The lowest BCUT2D eigenvalue weighted by molar-refractivity contribution is -0.129. The minimum absolute atomic E-state index is 0.108. The highest BCUT2D eigenvalue weighted by Crippen LogP contribution is 2.59. The van der Waals surface area contributed by atoms with Crippen molar-refractivity contribution in [1.29, 1.82) is 0 Å². The van der Waals surface area contributed by atoms with Crippen LogP contribution in [0.1, 0.15) is 66.4 Å². The summed E-state index contributed by atoms with van der Waals surface area (Å²) in [5, 5.41) is 9.26. The molecule has 0 aromatic heterocycles. The third kappa shape index (κ3) is 1.81. The Balaban J connectivity index is 1.73. The summed E-state index contributed by atoms with van der Waals surface area (Å²) < 4.78 is 0. The number of fused-ring (bicyclic) bond motifs is 5. The quantitative estimate of drug-likeness (QED) is 0.857. The summed E-state index contributed by atoms with van der Waals surface area (Å²) in [6, 6.07) is 5.63. The van der Waals surface area contributed by atoms with Gasteiger partial charge in [0.2, 0.25) is 0 Å². The summed E-state index contributed by atoms with van der Waals surface area (Å²) in [5.74, 6) is 1.12. The van der Waals surface area contributed by atoms with Crippen molar-refractivity contribution >= 4 is 11.8 Å². The molecule has 22 heavy (non-hydrogen) atoms. The van der Waals surface area contributed by atoms with E-state index in [4.69, 9.17) is 0 Å². The number of hydrogen-bond donors (Lipinski definition) is 1. The van der Waals surface area contributed by atoms with E-state index in [-0.39, 0.29) is 5.41 Å². The highest BCUT2D eigenvalue weighted by Gasteiger charge is 2.54. The molecule has 0 spiro atoms. The van der Waals surface area contributed by atoms with Gasteiger partial charge in [0.1, 0.15) is 5.78 Å². The van der Waals surface area contributed by atoms with E-state index < -0.39 is 5.97 Å². The summed E-state index contributed by atoms with van der Waals surface area (Å²) >= 11 is 0. The smallest absolute Gasteiger partial charge is 0.335 e. The van der Waals surface area contributed by atoms with Gasteiger partial charge in [0, 0.05) is 11.8 Å². The monoisotopic (exact) mass is 298 g/mol. The SMILES string of the molecule is C[C@]12CC[C@@H]3c4cc(C(=O)O)ccc4CC[C@H]3[C@@H]1CCC2=O. The number of hydrogen-bond acceptors (Lipinski definition) is 2. The number of aromatic carboxylic acids is 1. The van der Waals surface area contributed by atoms with Gasteiger partial charge in [-0.15, -0.1) is 0 Å². The standard InChI is InChI=1S/C19H22O3/c1-19-9-8-13-14(16(19)6-7-17(19)20)5-4-11-2-3-12(18(21)22)10-15(11)13/h2-3,10,13-14,16H,4-9H2,1H3,(H,21,22)/t13-,14+,16-,19-/m0/s1. The van der Waals surface area contributed by atoms with Gasteiger partial charge >= 0.3 is 5.97 Å². The molecule has 0 saturated heterocycles. The maximum absolute atomic E-state index is 12.3. The molecule has 1 N–H and O–H groups in total. The summed E-state index contributed by atoms with van der Waals surface area (Å²) in [6.07, 6.45) is 5.94. The van der Waals surface area contributed by atoms with Crippen LogP contribution in [0.3, 0.4) is 0 Å². The van der Waals surface area contributed by atoms with Crippen molar-refractivity contribution in [3.05, 3.63) is 34.9 Å². The molecule has 1 aromatic rings. The Bertz CT molecular complexity index is 663. The van der Waals surface area contributed by atoms with Crippen LogP contribution in [0, 0.1) is 17.3 Å². The second kappa shape index (κ2) is 4.68. The first kappa shape index (κ1) is 14.0. The minimum atomic E-state index is -0.846. The van der Waals surface area contributed by atoms with Crippen LogP contribution >= 0.6 is 0 Å². The molecule has 4 rings (SSSR count). The second-order valence-corrected chi connectivity index (χ2v) is 7.55. The molecule has 0 heterocycles. The van der Waals surface area contributed by atoms with E-state index in [0.717, 1.165) is 38.5 Å². The highest BCUT2D eigenvalue weighted by atomic mass is 16.4. The molecule has 3 heteroatoms. The van der Waals surface area contributed by atoms with Gasteiger partial charge in [0.15, 0.2) is 0 Å². The van der Waals surface area contributed by atoms with E-state index in [1.54, 1.807) is 6.07 Å². The van der Waals surface area contributed by atoms with Crippen LogP contribution in [0.5, 0.6) is 0 Å².